The normalized spacial score (nSPS) is 17.9. The highest BCUT2D eigenvalue weighted by Gasteiger charge is 2.24. The fraction of sp³-hybridized carbons (Fsp3) is 0.350. The van der Waals surface area contributed by atoms with E-state index in [2.05, 4.69) is 12.1 Å². The third-order valence-corrected chi connectivity index (χ3v) is 4.29. The molecule has 0 aromatic heterocycles. The van der Waals surface area contributed by atoms with Crippen LogP contribution < -0.4 is 0 Å². The maximum Gasteiger partial charge on any atom is 0.253 e. The van der Waals surface area contributed by atoms with Crippen molar-refractivity contribution in [3.63, 3.8) is 0 Å². The van der Waals surface area contributed by atoms with Gasteiger partial charge in [-0.3, -0.25) is 4.79 Å². The van der Waals surface area contributed by atoms with Crippen LogP contribution in [-0.4, -0.2) is 30.5 Å². The van der Waals surface area contributed by atoms with Crippen molar-refractivity contribution in [2.24, 2.45) is 5.92 Å². The number of nitrogens with zero attached hydrogens (tertiary/aromatic N) is 1. The van der Waals surface area contributed by atoms with E-state index >= 15 is 0 Å². The van der Waals surface area contributed by atoms with Gasteiger partial charge in [-0.25, -0.2) is 0 Å². The van der Waals surface area contributed by atoms with E-state index in [-0.39, 0.29) is 5.91 Å². The van der Waals surface area contributed by atoms with Gasteiger partial charge in [-0.1, -0.05) is 48.5 Å². The van der Waals surface area contributed by atoms with E-state index in [1.807, 2.05) is 53.4 Å². The van der Waals surface area contributed by atoms with Gasteiger partial charge in [0.1, 0.15) is 0 Å². The van der Waals surface area contributed by atoms with Gasteiger partial charge in [-0.2, -0.15) is 0 Å². The predicted octanol–water partition coefficient (Wildman–Crippen LogP) is 3.76. The van der Waals surface area contributed by atoms with E-state index in [0.29, 0.717) is 19.1 Å². The highest BCUT2D eigenvalue weighted by molar-refractivity contribution is 5.94. The molecule has 1 fully saturated rings. The lowest BCUT2D eigenvalue weighted by atomic mass is 9.98. The molecule has 0 spiro atoms. The van der Waals surface area contributed by atoms with E-state index in [1.54, 1.807) is 0 Å². The molecule has 1 aliphatic heterocycles. The van der Waals surface area contributed by atoms with E-state index in [0.717, 1.165) is 31.5 Å². The molecule has 23 heavy (non-hydrogen) atoms. The fourth-order valence-corrected chi connectivity index (χ4v) is 3.07. The summed E-state index contributed by atoms with van der Waals surface area (Å²) in [5.41, 5.74) is 1.97. The minimum absolute atomic E-state index is 0.137. The number of hydrogen-bond donors (Lipinski definition) is 0. The summed E-state index contributed by atoms with van der Waals surface area (Å²) in [7, 11) is 0. The molecule has 3 nitrogen and oxygen atoms in total. The Kier molecular flexibility index (Phi) is 5.43. The first kappa shape index (κ1) is 15.8. The van der Waals surface area contributed by atoms with Gasteiger partial charge < -0.3 is 9.64 Å². The van der Waals surface area contributed by atoms with Crippen molar-refractivity contribution >= 4 is 5.91 Å². The van der Waals surface area contributed by atoms with Crippen LogP contribution in [0.15, 0.2) is 60.7 Å². The summed E-state index contributed by atoms with van der Waals surface area (Å²) < 4.78 is 5.85. The zero-order valence-electron chi connectivity index (χ0n) is 13.4. The summed E-state index contributed by atoms with van der Waals surface area (Å²) in [4.78, 5) is 14.5. The van der Waals surface area contributed by atoms with Crippen LogP contribution >= 0.6 is 0 Å². The van der Waals surface area contributed by atoms with Crippen molar-refractivity contribution < 1.29 is 9.53 Å². The number of amides is 1. The Bertz CT molecular complexity index is 612. The number of benzene rings is 2. The summed E-state index contributed by atoms with van der Waals surface area (Å²) in [6.45, 7) is 3.00. The van der Waals surface area contributed by atoms with Crippen molar-refractivity contribution in [3.8, 4) is 0 Å². The van der Waals surface area contributed by atoms with Crippen LogP contribution in [0.1, 0.15) is 28.8 Å². The number of likely N-dealkylation sites (tertiary alicyclic amines) is 1. The summed E-state index contributed by atoms with van der Waals surface area (Å²) >= 11 is 0. The van der Waals surface area contributed by atoms with Crippen LogP contribution in [0, 0.1) is 5.92 Å². The van der Waals surface area contributed by atoms with E-state index in [4.69, 9.17) is 4.74 Å². The third kappa shape index (κ3) is 4.42. The quantitative estimate of drug-likeness (QED) is 0.841. The van der Waals surface area contributed by atoms with E-state index < -0.39 is 0 Å². The second-order valence-corrected chi connectivity index (χ2v) is 6.13. The Balaban J connectivity index is 1.49. The van der Waals surface area contributed by atoms with Gasteiger partial charge in [0.25, 0.3) is 5.91 Å². The maximum absolute atomic E-state index is 12.5. The Labute approximate surface area is 137 Å². The molecule has 1 amide bonds. The second kappa shape index (κ2) is 7.93. The minimum Gasteiger partial charge on any atom is -0.376 e. The van der Waals surface area contributed by atoms with Crippen molar-refractivity contribution in [1.82, 2.24) is 4.90 Å². The first-order valence-electron chi connectivity index (χ1n) is 8.29. The van der Waals surface area contributed by atoms with Crippen LogP contribution in [0.25, 0.3) is 0 Å². The van der Waals surface area contributed by atoms with Gasteiger partial charge >= 0.3 is 0 Å². The molecule has 0 N–H and O–H groups in total. The van der Waals surface area contributed by atoms with Crippen LogP contribution in [-0.2, 0) is 11.3 Å². The van der Waals surface area contributed by atoms with E-state index in [1.165, 1.54) is 5.56 Å². The molecular formula is C20H23NO2. The van der Waals surface area contributed by atoms with Crippen LogP contribution in [0.2, 0.25) is 0 Å². The average molecular weight is 309 g/mol. The van der Waals surface area contributed by atoms with Gasteiger partial charge in [0.2, 0.25) is 0 Å². The molecule has 1 unspecified atom stereocenters. The van der Waals surface area contributed by atoms with Crippen molar-refractivity contribution in [2.75, 3.05) is 19.7 Å². The summed E-state index contributed by atoms with van der Waals surface area (Å²) in [5, 5.41) is 0. The SMILES string of the molecule is O=C(c1ccccc1)N1CCCC(COCc2ccccc2)C1. The summed E-state index contributed by atoms with van der Waals surface area (Å²) in [6.07, 6.45) is 2.19. The molecule has 1 heterocycles. The molecule has 120 valence electrons. The number of rotatable bonds is 5. The van der Waals surface area contributed by atoms with Gasteiger partial charge in [0.05, 0.1) is 13.2 Å². The number of carbonyl (C=O) groups is 1. The first-order chi connectivity index (χ1) is 11.3. The molecule has 0 bridgehead atoms. The smallest absolute Gasteiger partial charge is 0.253 e. The molecule has 0 saturated carbocycles. The molecule has 1 aliphatic rings. The number of hydrogen-bond acceptors (Lipinski definition) is 2. The molecule has 3 heteroatoms. The Morgan fingerprint density at radius 1 is 1.04 bits per heavy atom. The predicted molar refractivity (Wildman–Crippen MR) is 91.2 cm³/mol. The molecule has 2 aromatic rings. The first-order valence-corrected chi connectivity index (χ1v) is 8.29. The fourth-order valence-electron chi connectivity index (χ4n) is 3.07. The highest BCUT2D eigenvalue weighted by Crippen LogP contribution is 2.19. The van der Waals surface area contributed by atoms with Gasteiger partial charge in [0, 0.05) is 18.7 Å². The highest BCUT2D eigenvalue weighted by atomic mass is 16.5. The lowest BCUT2D eigenvalue weighted by Gasteiger charge is -2.32. The summed E-state index contributed by atoms with van der Waals surface area (Å²) in [5.74, 6) is 0.568. The van der Waals surface area contributed by atoms with Gasteiger partial charge in [-0.05, 0) is 36.5 Å². The van der Waals surface area contributed by atoms with Crippen LogP contribution in [0.3, 0.4) is 0 Å². The standard InChI is InChI=1S/C20H23NO2/c22-20(19-11-5-2-6-12-19)21-13-7-10-18(14-21)16-23-15-17-8-3-1-4-9-17/h1-6,8-9,11-12,18H,7,10,13-16H2. The van der Waals surface area contributed by atoms with Crippen molar-refractivity contribution in [2.45, 2.75) is 19.4 Å². The second-order valence-electron chi connectivity index (χ2n) is 6.13. The Hall–Kier alpha value is -2.13. The number of piperidine rings is 1. The third-order valence-electron chi connectivity index (χ3n) is 4.29. The van der Waals surface area contributed by atoms with E-state index in [9.17, 15) is 4.79 Å². The molecule has 2 aromatic carbocycles. The minimum atomic E-state index is 0.137. The maximum atomic E-state index is 12.5. The summed E-state index contributed by atoms with van der Waals surface area (Å²) in [6, 6.07) is 19.8. The van der Waals surface area contributed by atoms with Gasteiger partial charge in [-0.15, -0.1) is 0 Å². The number of carbonyl (C=O) groups excluding carboxylic acids is 1. The molecule has 1 saturated heterocycles. The van der Waals surface area contributed by atoms with Crippen LogP contribution in [0.5, 0.6) is 0 Å². The average Bonchev–Trinajstić information content (AvgIpc) is 2.63. The van der Waals surface area contributed by atoms with Crippen LogP contribution in [0.4, 0.5) is 0 Å². The molecule has 3 rings (SSSR count). The molecule has 0 radical (unpaired) electrons. The largest absolute Gasteiger partial charge is 0.376 e. The topological polar surface area (TPSA) is 29.5 Å². The zero-order chi connectivity index (χ0) is 15.9. The molecule has 0 aliphatic carbocycles. The Morgan fingerprint density at radius 3 is 2.48 bits per heavy atom. The monoisotopic (exact) mass is 309 g/mol. The Morgan fingerprint density at radius 2 is 1.74 bits per heavy atom. The number of ether oxygens (including phenoxy) is 1. The zero-order valence-corrected chi connectivity index (χ0v) is 13.4. The lowest BCUT2D eigenvalue weighted by molar-refractivity contribution is 0.0425. The molecular weight excluding hydrogens is 286 g/mol. The van der Waals surface area contributed by atoms with Crippen molar-refractivity contribution in [1.29, 1.82) is 0 Å². The lowest BCUT2D eigenvalue weighted by Crippen LogP contribution is -2.41. The molecule has 1 atom stereocenters. The van der Waals surface area contributed by atoms with Gasteiger partial charge in [0.15, 0.2) is 0 Å². The van der Waals surface area contributed by atoms with Crippen molar-refractivity contribution in [3.05, 3.63) is 71.8 Å².